The predicted molar refractivity (Wildman–Crippen MR) is 127 cm³/mol. The molecule has 2 unspecified atom stereocenters. The lowest BCUT2D eigenvalue weighted by atomic mass is 9.99. The van der Waals surface area contributed by atoms with E-state index in [-0.39, 0.29) is 0 Å². The Labute approximate surface area is 173 Å². The van der Waals surface area contributed by atoms with Crippen molar-refractivity contribution in [2.24, 2.45) is 0 Å². The molecule has 27 heavy (non-hydrogen) atoms. The zero-order valence-electron chi connectivity index (χ0n) is 17.9. The normalized spacial score (nSPS) is 15.3. The summed E-state index contributed by atoms with van der Waals surface area (Å²) >= 11 is 1.98. The third kappa shape index (κ3) is 7.98. The lowest BCUT2D eigenvalue weighted by Gasteiger charge is -2.37. The van der Waals surface area contributed by atoms with Crippen LogP contribution in [0.5, 0.6) is 0 Å². The molecule has 2 aromatic carbocycles. The Hall–Kier alpha value is -0.816. The zero-order valence-corrected chi connectivity index (χ0v) is 20.7. The molecule has 0 amide bonds. The van der Waals surface area contributed by atoms with E-state index >= 15 is 0 Å². The molecule has 0 bridgehead atoms. The van der Waals surface area contributed by atoms with Gasteiger partial charge in [-0.2, -0.15) is 0 Å². The van der Waals surface area contributed by atoms with E-state index < -0.39 is 16.6 Å². The highest BCUT2D eigenvalue weighted by atomic mass is 32.2. The summed E-state index contributed by atoms with van der Waals surface area (Å²) in [5, 5.41) is 0. The minimum atomic E-state index is -1.78. The second kappa shape index (κ2) is 10.1. The van der Waals surface area contributed by atoms with Gasteiger partial charge in [-0.15, -0.1) is 11.8 Å². The molecule has 0 spiro atoms. The Morgan fingerprint density at radius 3 is 2.11 bits per heavy atom. The maximum atomic E-state index is 6.90. The molecule has 2 atom stereocenters. The molecule has 2 rings (SSSR count). The van der Waals surface area contributed by atoms with E-state index in [9.17, 15) is 0 Å². The average Bonchev–Trinajstić information content (AvgIpc) is 2.61. The highest BCUT2D eigenvalue weighted by Gasteiger charge is 2.36. The van der Waals surface area contributed by atoms with Crippen LogP contribution in [0.2, 0.25) is 38.3 Å². The second-order valence-electron chi connectivity index (χ2n) is 8.80. The Bertz CT molecular complexity index is 682. The highest BCUT2D eigenvalue weighted by molar-refractivity contribution is 7.99. The van der Waals surface area contributed by atoms with Crippen LogP contribution in [0.15, 0.2) is 59.5 Å². The number of thioether (sulfide) groups is 1. The Balaban J connectivity index is 2.07. The van der Waals surface area contributed by atoms with Gasteiger partial charge in [0.1, 0.15) is 0 Å². The Kier molecular flexibility index (Phi) is 8.41. The van der Waals surface area contributed by atoms with Crippen molar-refractivity contribution in [1.82, 2.24) is 0 Å². The molecule has 1 nitrogen and oxygen atoms in total. The molecule has 0 aliphatic heterocycles. The first kappa shape index (κ1) is 22.5. The first-order valence-corrected chi connectivity index (χ1v) is 17.4. The number of hydrogen-bond acceptors (Lipinski definition) is 2. The molecular weight excluding hydrogens is 380 g/mol. The average molecular weight is 417 g/mol. The van der Waals surface area contributed by atoms with Crippen LogP contribution in [0.1, 0.15) is 30.4 Å². The molecule has 148 valence electrons. The molecular formula is C23H36OSSi2. The van der Waals surface area contributed by atoms with Gasteiger partial charge in [0.25, 0.3) is 0 Å². The van der Waals surface area contributed by atoms with Crippen molar-refractivity contribution in [3.63, 3.8) is 0 Å². The summed E-state index contributed by atoms with van der Waals surface area (Å²) in [5.41, 5.74) is 2.80. The maximum absolute atomic E-state index is 6.90. The largest absolute Gasteiger partial charge is 0.455 e. The summed E-state index contributed by atoms with van der Waals surface area (Å²) in [7, 11) is -3.33. The monoisotopic (exact) mass is 416 g/mol. The quantitative estimate of drug-likeness (QED) is 0.290. The van der Waals surface area contributed by atoms with Gasteiger partial charge in [0, 0.05) is 4.90 Å². The predicted octanol–water partition coefficient (Wildman–Crippen LogP) is 7.71. The first-order valence-electron chi connectivity index (χ1n) is 10.2. The number of aryl methyl sites for hydroxylation is 1. The number of rotatable bonds is 10. The molecule has 0 radical (unpaired) electrons. The van der Waals surface area contributed by atoms with E-state index in [1.807, 2.05) is 11.8 Å². The van der Waals surface area contributed by atoms with Gasteiger partial charge in [-0.05, 0) is 81.0 Å². The minimum absolute atomic E-state index is 0.614. The van der Waals surface area contributed by atoms with E-state index in [4.69, 9.17) is 4.12 Å². The molecule has 0 heterocycles. The highest BCUT2D eigenvalue weighted by Crippen LogP contribution is 2.35. The lowest BCUT2D eigenvalue weighted by Crippen LogP contribution is -2.45. The number of benzene rings is 2. The fourth-order valence-corrected chi connectivity index (χ4v) is 14.8. The molecule has 4 heteroatoms. The summed E-state index contributed by atoms with van der Waals surface area (Å²) in [4.78, 5) is 1.38. The van der Waals surface area contributed by atoms with Gasteiger partial charge in [0.15, 0.2) is 16.6 Å². The molecule has 0 N–H and O–H groups in total. The van der Waals surface area contributed by atoms with E-state index in [1.54, 1.807) is 0 Å². The molecule has 0 aliphatic carbocycles. The Morgan fingerprint density at radius 1 is 0.926 bits per heavy atom. The van der Waals surface area contributed by atoms with Crippen LogP contribution in [-0.2, 0) is 4.12 Å². The number of hydrogen-bond donors (Lipinski definition) is 0. The van der Waals surface area contributed by atoms with E-state index in [2.05, 4.69) is 94.6 Å². The summed E-state index contributed by atoms with van der Waals surface area (Å²) in [6, 6.07) is 22.4. The maximum Gasteiger partial charge on any atom is 0.177 e. The lowest BCUT2D eigenvalue weighted by molar-refractivity contribution is 0.524. The van der Waals surface area contributed by atoms with Gasteiger partial charge in [-0.1, -0.05) is 55.0 Å². The van der Waals surface area contributed by atoms with Crippen molar-refractivity contribution in [3.05, 3.63) is 65.7 Å². The van der Waals surface area contributed by atoms with Gasteiger partial charge in [-0.3, -0.25) is 0 Å². The fraction of sp³-hybridized carbons (Fsp3) is 0.478. The van der Waals surface area contributed by atoms with Crippen LogP contribution in [0, 0.1) is 6.92 Å². The van der Waals surface area contributed by atoms with E-state index in [1.165, 1.54) is 34.5 Å². The molecule has 0 fully saturated rings. The molecule has 0 saturated heterocycles. The second-order valence-corrected chi connectivity index (χ2v) is 18.8. The standard InChI is InChI=1S/C23H36OSSi2/c1-7-21(22-11-9-8-10-12-22)19-27(6,24-26(3,4)5)18-17-25-23-15-13-20(2)14-16-23/h8-16,21H,7,17-19H2,1-6H3. The zero-order chi connectivity index (χ0) is 19.9. The van der Waals surface area contributed by atoms with Gasteiger partial charge in [0.2, 0.25) is 0 Å². The van der Waals surface area contributed by atoms with E-state index in [0.29, 0.717) is 5.92 Å². The fourth-order valence-electron chi connectivity index (χ4n) is 3.70. The minimum Gasteiger partial charge on any atom is -0.455 e. The topological polar surface area (TPSA) is 9.23 Å². The van der Waals surface area contributed by atoms with Crippen molar-refractivity contribution in [1.29, 1.82) is 0 Å². The molecule has 2 aromatic rings. The summed E-state index contributed by atoms with van der Waals surface area (Å²) in [5.74, 6) is 1.77. The first-order chi connectivity index (χ1) is 12.7. The van der Waals surface area contributed by atoms with Crippen LogP contribution >= 0.6 is 11.8 Å². The van der Waals surface area contributed by atoms with Crippen molar-refractivity contribution >= 4 is 28.4 Å². The third-order valence-corrected chi connectivity index (χ3v) is 13.4. The molecule has 0 aliphatic rings. The summed E-state index contributed by atoms with van der Waals surface area (Å²) in [6.45, 7) is 14.0. The van der Waals surface area contributed by atoms with E-state index in [0.717, 1.165) is 5.75 Å². The van der Waals surface area contributed by atoms with Crippen LogP contribution < -0.4 is 0 Å². The molecule has 0 saturated carbocycles. The van der Waals surface area contributed by atoms with Gasteiger partial charge < -0.3 is 4.12 Å². The third-order valence-electron chi connectivity index (χ3n) is 4.92. The van der Waals surface area contributed by atoms with Crippen molar-refractivity contribution in [2.75, 3.05) is 5.75 Å². The van der Waals surface area contributed by atoms with Gasteiger partial charge in [-0.25, -0.2) is 0 Å². The van der Waals surface area contributed by atoms with Crippen LogP contribution in [0.3, 0.4) is 0 Å². The van der Waals surface area contributed by atoms with Crippen LogP contribution in [-0.4, -0.2) is 22.4 Å². The van der Waals surface area contributed by atoms with Crippen molar-refractivity contribution in [3.8, 4) is 0 Å². The van der Waals surface area contributed by atoms with Crippen LogP contribution in [0.4, 0.5) is 0 Å². The van der Waals surface area contributed by atoms with Crippen molar-refractivity contribution < 1.29 is 4.12 Å². The van der Waals surface area contributed by atoms with Gasteiger partial charge in [0.05, 0.1) is 0 Å². The van der Waals surface area contributed by atoms with Crippen molar-refractivity contribution in [2.45, 2.75) is 69.4 Å². The van der Waals surface area contributed by atoms with Gasteiger partial charge >= 0.3 is 0 Å². The molecule has 0 aromatic heterocycles. The smallest absolute Gasteiger partial charge is 0.177 e. The summed E-state index contributed by atoms with van der Waals surface area (Å²) in [6.07, 6.45) is 1.19. The SMILES string of the molecule is CCC(C[Si](C)(CCSc1ccc(C)cc1)O[Si](C)(C)C)c1ccccc1. The summed E-state index contributed by atoms with van der Waals surface area (Å²) < 4.78 is 6.90. The van der Waals surface area contributed by atoms with Crippen LogP contribution in [0.25, 0.3) is 0 Å². The Morgan fingerprint density at radius 2 is 1.56 bits per heavy atom.